The Bertz CT molecular complexity index is 433. The number of ether oxygens (including phenoxy) is 2. The van der Waals surface area contributed by atoms with Crippen molar-refractivity contribution in [3.05, 3.63) is 0 Å². The van der Waals surface area contributed by atoms with Gasteiger partial charge in [-0.05, 0) is 12.3 Å². The summed E-state index contributed by atoms with van der Waals surface area (Å²) in [5.74, 6) is -0.172. The fourth-order valence-corrected chi connectivity index (χ4v) is 3.81. The molecule has 0 aromatic heterocycles. The molecule has 1 fully saturated rings. The fraction of sp³-hybridized carbons (Fsp3) is 0.929. The maximum atomic E-state index is 12.4. The number of rotatable bonds is 9. The van der Waals surface area contributed by atoms with Crippen molar-refractivity contribution in [2.24, 2.45) is 5.92 Å². The number of esters is 1. The molecule has 1 aliphatic heterocycles. The Morgan fingerprint density at radius 3 is 2.50 bits per heavy atom. The zero-order valence-electron chi connectivity index (χ0n) is 13.8. The predicted molar refractivity (Wildman–Crippen MR) is 84.1 cm³/mol. The molecule has 0 N–H and O–H groups in total. The zero-order chi connectivity index (χ0) is 16.6. The molecule has 0 bridgehead atoms. The summed E-state index contributed by atoms with van der Waals surface area (Å²) < 4.78 is 36.0. The minimum Gasteiger partial charge on any atom is -0.468 e. The van der Waals surface area contributed by atoms with Crippen LogP contribution >= 0.6 is 0 Å². The lowest BCUT2D eigenvalue weighted by Crippen LogP contribution is -2.45. The second-order valence-electron chi connectivity index (χ2n) is 5.86. The second-order valence-corrected chi connectivity index (χ2v) is 7.95. The van der Waals surface area contributed by atoms with Gasteiger partial charge in [-0.1, -0.05) is 13.8 Å². The summed E-state index contributed by atoms with van der Waals surface area (Å²) in [6.45, 7) is 7.55. The number of hydrogen-bond donors (Lipinski definition) is 0. The molecule has 1 aliphatic rings. The first-order chi connectivity index (χ1) is 10.3. The first-order valence-corrected chi connectivity index (χ1v) is 9.31. The van der Waals surface area contributed by atoms with Gasteiger partial charge in [0.1, 0.15) is 6.54 Å². The van der Waals surface area contributed by atoms with E-state index in [0.717, 1.165) is 13.1 Å². The molecule has 8 heteroatoms. The molecule has 0 radical (unpaired) electrons. The monoisotopic (exact) mass is 336 g/mol. The Morgan fingerprint density at radius 1 is 1.32 bits per heavy atom. The topological polar surface area (TPSA) is 76.2 Å². The van der Waals surface area contributed by atoms with Crippen molar-refractivity contribution < 1.29 is 22.7 Å². The van der Waals surface area contributed by atoms with Crippen LogP contribution in [-0.4, -0.2) is 82.4 Å². The highest BCUT2D eigenvalue weighted by Gasteiger charge is 2.25. The lowest BCUT2D eigenvalue weighted by atomic mass is 10.2. The molecule has 0 spiro atoms. The Balaban J connectivity index is 2.63. The third kappa shape index (κ3) is 7.04. The summed E-state index contributed by atoms with van der Waals surface area (Å²) in [7, 11) is -2.18. The van der Waals surface area contributed by atoms with E-state index >= 15 is 0 Å². The van der Waals surface area contributed by atoms with Gasteiger partial charge in [0.25, 0.3) is 0 Å². The number of sulfonamides is 1. The molecule has 0 aromatic carbocycles. The maximum absolute atomic E-state index is 12.4. The molecule has 0 saturated carbocycles. The highest BCUT2D eigenvalue weighted by atomic mass is 32.2. The maximum Gasteiger partial charge on any atom is 0.321 e. The summed E-state index contributed by atoms with van der Waals surface area (Å²) in [5.41, 5.74) is 0. The average Bonchev–Trinajstić information content (AvgIpc) is 2.50. The summed E-state index contributed by atoms with van der Waals surface area (Å²) in [4.78, 5) is 13.6. The van der Waals surface area contributed by atoms with Crippen LogP contribution in [0, 0.1) is 5.92 Å². The van der Waals surface area contributed by atoms with Crippen molar-refractivity contribution >= 4 is 16.0 Å². The van der Waals surface area contributed by atoms with E-state index in [2.05, 4.69) is 9.64 Å². The Labute approximate surface area is 133 Å². The van der Waals surface area contributed by atoms with Crippen molar-refractivity contribution in [1.82, 2.24) is 9.21 Å². The van der Waals surface area contributed by atoms with Crippen LogP contribution < -0.4 is 0 Å². The van der Waals surface area contributed by atoms with Crippen LogP contribution in [0.2, 0.25) is 0 Å². The third-order valence-corrected chi connectivity index (χ3v) is 5.50. The molecular formula is C14H28N2O5S. The van der Waals surface area contributed by atoms with Crippen LogP contribution in [-0.2, 0) is 24.3 Å². The van der Waals surface area contributed by atoms with Gasteiger partial charge in [-0.15, -0.1) is 0 Å². The first kappa shape index (κ1) is 19.3. The van der Waals surface area contributed by atoms with Crippen molar-refractivity contribution in [3.63, 3.8) is 0 Å². The minimum absolute atomic E-state index is 0.0603. The van der Waals surface area contributed by atoms with Crippen molar-refractivity contribution in [1.29, 1.82) is 0 Å². The van der Waals surface area contributed by atoms with Crippen molar-refractivity contribution in [2.45, 2.75) is 20.3 Å². The molecule has 22 heavy (non-hydrogen) atoms. The highest BCUT2D eigenvalue weighted by molar-refractivity contribution is 7.89. The van der Waals surface area contributed by atoms with Crippen LogP contribution in [0.4, 0.5) is 0 Å². The lowest BCUT2D eigenvalue weighted by Gasteiger charge is -2.29. The smallest absolute Gasteiger partial charge is 0.321 e. The van der Waals surface area contributed by atoms with Gasteiger partial charge in [0, 0.05) is 26.2 Å². The minimum atomic E-state index is -3.45. The summed E-state index contributed by atoms with van der Waals surface area (Å²) in [5, 5.41) is 0. The van der Waals surface area contributed by atoms with E-state index in [1.807, 2.05) is 13.8 Å². The third-order valence-electron chi connectivity index (χ3n) is 3.65. The SMILES string of the molecule is COC(=O)CN(CCN1CCOCC1)S(=O)(=O)CCC(C)C. The summed E-state index contributed by atoms with van der Waals surface area (Å²) >= 11 is 0. The Hall–Kier alpha value is -0.700. The van der Waals surface area contributed by atoms with E-state index in [1.165, 1.54) is 11.4 Å². The highest BCUT2D eigenvalue weighted by Crippen LogP contribution is 2.09. The molecule has 130 valence electrons. The summed E-state index contributed by atoms with van der Waals surface area (Å²) in [6, 6.07) is 0. The number of nitrogens with zero attached hydrogens (tertiary/aromatic N) is 2. The van der Waals surface area contributed by atoms with E-state index in [-0.39, 0.29) is 12.3 Å². The standard InChI is InChI=1S/C14H28N2O5S/c1-13(2)4-11-22(18,19)16(12-14(17)20-3)6-5-15-7-9-21-10-8-15/h13H,4-12H2,1-3H3. The van der Waals surface area contributed by atoms with Gasteiger partial charge in [-0.25, -0.2) is 8.42 Å². The van der Waals surface area contributed by atoms with Crippen LogP contribution in [0.15, 0.2) is 0 Å². The van der Waals surface area contributed by atoms with E-state index in [9.17, 15) is 13.2 Å². The molecule has 1 saturated heterocycles. The normalized spacial score (nSPS) is 17.1. The molecule has 0 amide bonds. The van der Waals surface area contributed by atoms with Gasteiger partial charge in [0.2, 0.25) is 10.0 Å². The van der Waals surface area contributed by atoms with E-state index in [4.69, 9.17) is 4.74 Å². The quantitative estimate of drug-likeness (QED) is 0.559. The number of hydrogen-bond acceptors (Lipinski definition) is 6. The van der Waals surface area contributed by atoms with E-state index < -0.39 is 16.0 Å². The van der Waals surface area contributed by atoms with Crippen LogP contribution in [0.5, 0.6) is 0 Å². The van der Waals surface area contributed by atoms with E-state index in [1.54, 1.807) is 0 Å². The lowest BCUT2D eigenvalue weighted by molar-refractivity contribution is -0.140. The van der Waals surface area contributed by atoms with Gasteiger partial charge in [0.15, 0.2) is 0 Å². The zero-order valence-corrected chi connectivity index (χ0v) is 14.6. The van der Waals surface area contributed by atoms with Crippen LogP contribution in [0.3, 0.4) is 0 Å². The largest absolute Gasteiger partial charge is 0.468 e. The Morgan fingerprint density at radius 2 is 1.95 bits per heavy atom. The Kier molecular flexibility index (Phi) is 8.30. The molecule has 0 atom stereocenters. The van der Waals surface area contributed by atoms with Gasteiger partial charge >= 0.3 is 5.97 Å². The number of methoxy groups -OCH3 is 1. The number of morpholine rings is 1. The van der Waals surface area contributed by atoms with Gasteiger partial charge in [-0.2, -0.15) is 4.31 Å². The molecular weight excluding hydrogens is 308 g/mol. The molecule has 0 aromatic rings. The summed E-state index contributed by atoms with van der Waals surface area (Å²) in [6.07, 6.45) is 0.581. The predicted octanol–water partition coefficient (Wildman–Crippen LogP) is 0.170. The van der Waals surface area contributed by atoms with Crippen LogP contribution in [0.1, 0.15) is 20.3 Å². The fourth-order valence-electron chi connectivity index (χ4n) is 2.12. The second kappa shape index (κ2) is 9.44. The molecule has 0 aliphatic carbocycles. The molecule has 1 heterocycles. The number of carbonyl (C=O) groups excluding carboxylic acids is 1. The number of carbonyl (C=O) groups is 1. The van der Waals surface area contributed by atoms with Crippen molar-refractivity contribution in [3.8, 4) is 0 Å². The molecule has 0 unspecified atom stereocenters. The van der Waals surface area contributed by atoms with Crippen LogP contribution in [0.25, 0.3) is 0 Å². The van der Waals surface area contributed by atoms with Gasteiger partial charge in [0.05, 0.1) is 26.1 Å². The van der Waals surface area contributed by atoms with E-state index in [0.29, 0.717) is 38.6 Å². The van der Waals surface area contributed by atoms with Crippen molar-refractivity contribution in [2.75, 3.05) is 58.8 Å². The molecule has 1 rings (SSSR count). The van der Waals surface area contributed by atoms with Gasteiger partial charge in [-0.3, -0.25) is 9.69 Å². The average molecular weight is 336 g/mol. The van der Waals surface area contributed by atoms with Gasteiger partial charge < -0.3 is 9.47 Å². The molecule has 7 nitrogen and oxygen atoms in total. The first-order valence-electron chi connectivity index (χ1n) is 7.70.